The van der Waals surface area contributed by atoms with Crippen molar-refractivity contribution in [1.29, 1.82) is 0 Å². The second-order valence-corrected chi connectivity index (χ2v) is 7.96. The zero-order valence-corrected chi connectivity index (χ0v) is 17.5. The molecule has 160 valence electrons. The number of aromatic amines is 1. The molecule has 1 aliphatic heterocycles. The van der Waals surface area contributed by atoms with Crippen molar-refractivity contribution >= 4 is 33.5 Å². The SMILES string of the molecule is Oc1[nH]cc2cc(-c3ccc(Nc4ccc(N5CCOCC5)cc4)c4nccn34)ccc12. The van der Waals surface area contributed by atoms with E-state index in [9.17, 15) is 5.11 Å². The third-order valence-electron chi connectivity index (χ3n) is 6.04. The first-order valence-corrected chi connectivity index (χ1v) is 10.7. The lowest BCUT2D eigenvalue weighted by atomic mass is 10.1. The van der Waals surface area contributed by atoms with Crippen LogP contribution in [-0.2, 0) is 4.74 Å². The molecule has 0 aliphatic carbocycles. The number of nitrogens with one attached hydrogen (secondary N) is 2. The van der Waals surface area contributed by atoms with Crippen molar-refractivity contribution in [1.82, 2.24) is 14.4 Å². The predicted molar refractivity (Wildman–Crippen MR) is 127 cm³/mol. The molecule has 0 radical (unpaired) electrons. The van der Waals surface area contributed by atoms with E-state index in [4.69, 9.17) is 4.74 Å². The molecule has 1 saturated heterocycles. The minimum absolute atomic E-state index is 0.193. The number of H-pyrrole nitrogens is 1. The van der Waals surface area contributed by atoms with E-state index >= 15 is 0 Å². The monoisotopic (exact) mass is 425 g/mol. The number of fused-ring (bicyclic) bond motifs is 2. The van der Waals surface area contributed by atoms with Crippen LogP contribution >= 0.6 is 0 Å². The van der Waals surface area contributed by atoms with Gasteiger partial charge < -0.3 is 25.0 Å². The van der Waals surface area contributed by atoms with Crippen LogP contribution in [0.25, 0.3) is 27.7 Å². The number of anilines is 3. The maximum Gasteiger partial charge on any atom is 0.196 e. The minimum Gasteiger partial charge on any atom is -0.494 e. The summed E-state index contributed by atoms with van der Waals surface area (Å²) in [7, 11) is 0. The molecule has 7 heteroatoms. The standard InChI is InChI=1S/C25H23N5O2/c31-25-21-6-1-17(15-18(21)16-27-25)23-8-7-22(24-26-9-10-30(23)24)28-19-2-4-20(5-3-19)29-11-13-32-14-12-29/h1-10,15-16,27-28,31H,11-14H2. The van der Waals surface area contributed by atoms with Gasteiger partial charge in [0, 0.05) is 53.8 Å². The maximum absolute atomic E-state index is 9.89. The Morgan fingerprint density at radius 3 is 2.69 bits per heavy atom. The summed E-state index contributed by atoms with van der Waals surface area (Å²) in [5.74, 6) is 0.193. The summed E-state index contributed by atoms with van der Waals surface area (Å²) < 4.78 is 7.53. The van der Waals surface area contributed by atoms with Crippen LogP contribution in [0.2, 0.25) is 0 Å². The highest BCUT2D eigenvalue weighted by Crippen LogP contribution is 2.32. The Labute approximate surface area is 184 Å². The van der Waals surface area contributed by atoms with Gasteiger partial charge in [-0.2, -0.15) is 0 Å². The van der Waals surface area contributed by atoms with Crippen LogP contribution in [0.4, 0.5) is 17.1 Å². The number of imidazole rings is 1. The van der Waals surface area contributed by atoms with E-state index in [2.05, 4.69) is 67.0 Å². The predicted octanol–water partition coefficient (Wildman–Crippen LogP) is 4.77. The fraction of sp³-hybridized carbons (Fsp3) is 0.160. The number of hydrogen-bond donors (Lipinski definition) is 3. The fourth-order valence-electron chi connectivity index (χ4n) is 4.36. The molecule has 0 bridgehead atoms. The molecule has 4 heterocycles. The highest BCUT2D eigenvalue weighted by Gasteiger charge is 2.13. The van der Waals surface area contributed by atoms with Crippen LogP contribution in [-0.4, -0.2) is 45.8 Å². The molecule has 1 fully saturated rings. The first-order valence-electron chi connectivity index (χ1n) is 10.7. The van der Waals surface area contributed by atoms with Crippen LogP contribution in [0.3, 0.4) is 0 Å². The number of pyridine rings is 1. The molecule has 0 saturated carbocycles. The first kappa shape index (κ1) is 18.8. The quantitative estimate of drug-likeness (QED) is 0.387. The Bertz CT molecular complexity index is 1400. The van der Waals surface area contributed by atoms with Crippen molar-refractivity contribution in [3.8, 4) is 17.1 Å². The third kappa shape index (κ3) is 3.23. The van der Waals surface area contributed by atoms with Crippen LogP contribution < -0.4 is 10.2 Å². The van der Waals surface area contributed by atoms with Crippen molar-refractivity contribution in [3.63, 3.8) is 0 Å². The van der Waals surface area contributed by atoms with Crippen LogP contribution in [0, 0.1) is 0 Å². The van der Waals surface area contributed by atoms with Crippen LogP contribution in [0.5, 0.6) is 5.88 Å². The lowest BCUT2D eigenvalue weighted by Gasteiger charge is -2.29. The van der Waals surface area contributed by atoms with E-state index in [0.717, 1.165) is 65.4 Å². The number of benzene rings is 2. The molecule has 0 spiro atoms. The smallest absolute Gasteiger partial charge is 0.196 e. The second-order valence-electron chi connectivity index (χ2n) is 7.96. The molecule has 5 aromatic rings. The summed E-state index contributed by atoms with van der Waals surface area (Å²) in [6.45, 7) is 3.42. The highest BCUT2D eigenvalue weighted by molar-refractivity contribution is 5.91. The van der Waals surface area contributed by atoms with Gasteiger partial charge in [0.05, 0.1) is 24.6 Å². The largest absolute Gasteiger partial charge is 0.494 e. The van der Waals surface area contributed by atoms with Crippen molar-refractivity contribution in [2.45, 2.75) is 0 Å². The lowest BCUT2D eigenvalue weighted by Crippen LogP contribution is -2.36. The average Bonchev–Trinajstić information content (AvgIpc) is 3.48. The molecule has 3 aromatic heterocycles. The Balaban J connectivity index is 1.30. The Kier molecular flexibility index (Phi) is 4.47. The Morgan fingerprint density at radius 2 is 1.84 bits per heavy atom. The number of nitrogens with zero attached hydrogens (tertiary/aromatic N) is 3. The molecule has 7 nitrogen and oxygen atoms in total. The first-order chi connectivity index (χ1) is 15.8. The molecule has 2 aromatic carbocycles. The third-order valence-corrected chi connectivity index (χ3v) is 6.04. The summed E-state index contributed by atoms with van der Waals surface area (Å²) in [4.78, 5) is 9.80. The van der Waals surface area contributed by atoms with Gasteiger partial charge in [0.1, 0.15) is 0 Å². The van der Waals surface area contributed by atoms with Crippen molar-refractivity contribution in [2.24, 2.45) is 0 Å². The molecule has 3 N–H and O–H groups in total. The van der Waals surface area contributed by atoms with E-state index in [0.29, 0.717) is 0 Å². The van der Waals surface area contributed by atoms with E-state index in [-0.39, 0.29) is 5.88 Å². The normalized spacial score (nSPS) is 14.3. The summed E-state index contributed by atoms with van der Waals surface area (Å²) in [6.07, 6.45) is 5.60. The van der Waals surface area contributed by atoms with E-state index < -0.39 is 0 Å². The summed E-state index contributed by atoms with van der Waals surface area (Å²) in [6, 6.07) is 18.7. The van der Waals surface area contributed by atoms with Gasteiger partial charge in [-0.25, -0.2) is 4.98 Å². The highest BCUT2D eigenvalue weighted by atomic mass is 16.5. The number of aromatic nitrogens is 3. The van der Waals surface area contributed by atoms with Gasteiger partial charge in [-0.05, 0) is 54.1 Å². The van der Waals surface area contributed by atoms with Gasteiger partial charge in [-0.15, -0.1) is 0 Å². The molecule has 1 aliphatic rings. The van der Waals surface area contributed by atoms with Gasteiger partial charge in [-0.1, -0.05) is 6.07 Å². The summed E-state index contributed by atoms with van der Waals surface area (Å²) in [5, 5.41) is 15.2. The van der Waals surface area contributed by atoms with Gasteiger partial charge in [0.2, 0.25) is 0 Å². The van der Waals surface area contributed by atoms with E-state index in [1.807, 2.05) is 30.7 Å². The minimum atomic E-state index is 0.193. The van der Waals surface area contributed by atoms with Crippen LogP contribution in [0.1, 0.15) is 0 Å². The maximum atomic E-state index is 9.89. The summed E-state index contributed by atoms with van der Waals surface area (Å²) in [5.41, 5.74) is 6.12. The fourth-order valence-corrected chi connectivity index (χ4v) is 4.36. The Morgan fingerprint density at radius 1 is 1.00 bits per heavy atom. The lowest BCUT2D eigenvalue weighted by molar-refractivity contribution is 0.122. The van der Waals surface area contributed by atoms with Crippen LogP contribution in [0.15, 0.2) is 73.2 Å². The molecule has 6 rings (SSSR count). The van der Waals surface area contributed by atoms with Gasteiger partial charge in [-0.3, -0.25) is 4.40 Å². The molecule has 32 heavy (non-hydrogen) atoms. The van der Waals surface area contributed by atoms with Crippen molar-refractivity contribution in [3.05, 3.63) is 73.2 Å². The molecule has 0 atom stereocenters. The van der Waals surface area contributed by atoms with Crippen molar-refractivity contribution in [2.75, 3.05) is 36.5 Å². The molecule has 0 amide bonds. The second kappa shape index (κ2) is 7.62. The zero-order valence-electron chi connectivity index (χ0n) is 17.5. The van der Waals surface area contributed by atoms with E-state index in [1.165, 1.54) is 5.69 Å². The number of hydrogen-bond acceptors (Lipinski definition) is 5. The zero-order chi connectivity index (χ0) is 21.5. The van der Waals surface area contributed by atoms with Crippen molar-refractivity contribution < 1.29 is 9.84 Å². The molecular weight excluding hydrogens is 402 g/mol. The molecule has 0 unspecified atom stereocenters. The summed E-state index contributed by atoms with van der Waals surface area (Å²) >= 11 is 0. The molecular formula is C25H23N5O2. The van der Waals surface area contributed by atoms with Gasteiger partial charge in [0.25, 0.3) is 0 Å². The van der Waals surface area contributed by atoms with Gasteiger partial charge >= 0.3 is 0 Å². The Hall–Kier alpha value is -3.97. The number of aromatic hydroxyl groups is 1. The van der Waals surface area contributed by atoms with E-state index in [1.54, 1.807) is 0 Å². The number of morpholine rings is 1. The topological polar surface area (TPSA) is 77.8 Å². The van der Waals surface area contributed by atoms with Gasteiger partial charge in [0.15, 0.2) is 11.5 Å². The number of ether oxygens (including phenoxy) is 1. The average molecular weight is 425 g/mol. The number of rotatable bonds is 4.